The molecule has 0 aliphatic carbocycles. The molecule has 0 radical (unpaired) electrons. The van der Waals surface area contributed by atoms with E-state index in [1.807, 2.05) is 48.5 Å². The molecule has 0 aliphatic rings. The second kappa shape index (κ2) is 11.4. The van der Waals surface area contributed by atoms with Crippen molar-refractivity contribution in [1.82, 2.24) is 10.9 Å². The number of rotatable bonds is 9. The van der Waals surface area contributed by atoms with E-state index in [2.05, 4.69) is 21.1 Å². The predicted molar refractivity (Wildman–Crippen MR) is 116 cm³/mol. The Morgan fingerprint density at radius 3 is 1.30 bits per heavy atom. The van der Waals surface area contributed by atoms with Gasteiger partial charge in [-0.3, -0.25) is 9.59 Å². The van der Waals surface area contributed by atoms with Gasteiger partial charge in [-0.25, -0.2) is 10.9 Å². The zero-order valence-corrected chi connectivity index (χ0v) is 17.6. The quantitative estimate of drug-likeness (QED) is 0.490. The van der Waals surface area contributed by atoms with Gasteiger partial charge in [-0.2, -0.15) is 10.2 Å². The molecule has 2 N–H and O–H groups in total. The first-order chi connectivity index (χ1) is 14.4. The van der Waals surface area contributed by atoms with Crippen LogP contribution in [0.1, 0.15) is 37.8 Å². The van der Waals surface area contributed by atoms with Crippen LogP contribution >= 0.6 is 0 Å². The van der Waals surface area contributed by atoms with Gasteiger partial charge in [-0.05, 0) is 72.5 Å². The molecule has 8 heteroatoms. The molecule has 0 heterocycles. The molecule has 0 aliphatic heterocycles. The Kier molecular flexibility index (Phi) is 8.56. The molecule has 0 bridgehead atoms. The fourth-order valence-corrected chi connectivity index (χ4v) is 2.63. The fraction of sp³-hybridized carbons (Fsp3) is 0.273. The molecule has 2 rings (SSSR count). The molecule has 0 fully saturated rings. The summed E-state index contributed by atoms with van der Waals surface area (Å²) in [5, 5.41) is 8.50. The molecule has 30 heavy (non-hydrogen) atoms. The van der Waals surface area contributed by atoms with Crippen LogP contribution in [-0.2, 0) is 9.59 Å². The lowest BCUT2D eigenvalue weighted by molar-refractivity contribution is -0.119. The van der Waals surface area contributed by atoms with Crippen LogP contribution < -0.4 is 20.3 Å². The molecule has 158 valence electrons. The van der Waals surface area contributed by atoms with Crippen LogP contribution in [0, 0.1) is 0 Å². The Bertz CT molecular complexity index is 842. The molecule has 2 amide bonds. The third-order valence-electron chi connectivity index (χ3n) is 4.14. The minimum Gasteiger partial charge on any atom is -0.497 e. The Hall–Kier alpha value is -3.68. The van der Waals surface area contributed by atoms with Crippen LogP contribution in [0.25, 0.3) is 0 Å². The van der Waals surface area contributed by atoms with Gasteiger partial charge in [-0.15, -0.1) is 0 Å². The van der Waals surface area contributed by atoms with Gasteiger partial charge in [0, 0.05) is 13.8 Å². The summed E-state index contributed by atoms with van der Waals surface area (Å²) >= 11 is 0. The maximum Gasteiger partial charge on any atom is 0.236 e. The van der Waals surface area contributed by atoms with Crippen LogP contribution in [0.5, 0.6) is 11.5 Å². The zero-order valence-electron chi connectivity index (χ0n) is 17.6. The molecule has 0 atom stereocenters. The molecular formula is C22H26N4O4. The molecule has 0 aromatic heterocycles. The van der Waals surface area contributed by atoms with Crippen molar-refractivity contribution in [3.8, 4) is 11.5 Å². The largest absolute Gasteiger partial charge is 0.497 e. The van der Waals surface area contributed by atoms with E-state index in [1.54, 1.807) is 14.2 Å². The monoisotopic (exact) mass is 410 g/mol. The number of carbonyl (C=O) groups excluding carboxylic acids is 2. The smallest absolute Gasteiger partial charge is 0.236 e. The minimum atomic E-state index is -0.261. The number of hydrogen-bond donors (Lipinski definition) is 2. The van der Waals surface area contributed by atoms with Crippen LogP contribution in [0.4, 0.5) is 0 Å². The van der Waals surface area contributed by atoms with Gasteiger partial charge in [0.2, 0.25) is 11.8 Å². The third kappa shape index (κ3) is 7.05. The summed E-state index contributed by atoms with van der Waals surface area (Å²) in [6.07, 6.45) is 0.966. The maximum absolute atomic E-state index is 11.4. The van der Waals surface area contributed by atoms with Gasteiger partial charge in [0.25, 0.3) is 0 Å². The van der Waals surface area contributed by atoms with Gasteiger partial charge in [0.15, 0.2) is 0 Å². The van der Waals surface area contributed by atoms with Crippen molar-refractivity contribution in [2.45, 2.75) is 26.7 Å². The summed E-state index contributed by atoms with van der Waals surface area (Å²) in [6, 6.07) is 14.8. The number of hydrogen-bond acceptors (Lipinski definition) is 6. The topological polar surface area (TPSA) is 101 Å². The van der Waals surface area contributed by atoms with E-state index < -0.39 is 0 Å². The molecule has 8 nitrogen and oxygen atoms in total. The van der Waals surface area contributed by atoms with Crippen molar-refractivity contribution in [3.05, 3.63) is 59.7 Å². The summed E-state index contributed by atoms with van der Waals surface area (Å²) in [5.41, 5.74) is 8.03. The van der Waals surface area contributed by atoms with E-state index in [-0.39, 0.29) is 11.8 Å². The summed E-state index contributed by atoms with van der Waals surface area (Å²) in [6.45, 7) is 2.80. The average Bonchev–Trinajstić information content (AvgIpc) is 2.75. The average molecular weight is 410 g/mol. The maximum atomic E-state index is 11.4. The Morgan fingerprint density at radius 1 is 0.700 bits per heavy atom. The minimum absolute atomic E-state index is 0.261. The molecule has 2 aromatic carbocycles. The standard InChI is InChI=1S/C22H26N4O4/c1-15(27)23-25-21(17-5-9-19(29-3)10-6-17)13-14-22(26-24-16(2)28)18-7-11-20(30-4)12-8-18/h5-12H,13-14H2,1-4H3,(H,23,27)(H,24,28)/b25-21-,26-22-. The molecule has 0 saturated carbocycles. The van der Waals surface area contributed by atoms with Gasteiger partial charge in [0.05, 0.1) is 25.6 Å². The molecule has 0 spiro atoms. The highest BCUT2D eigenvalue weighted by Crippen LogP contribution is 2.17. The molecule has 0 unspecified atom stereocenters. The number of nitrogens with zero attached hydrogens (tertiary/aromatic N) is 2. The third-order valence-corrected chi connectivity index (χ3v) is 4.14. The van der Waals surface area contributed by atoms with Gasteiger partial charge >= 0.3 is 0 Å². The SMILES string of the molecule is COc1ccc(/C(CC/C(=N/NC(C)=O)c2ccc(OC)cc2)=N\NC(C)=O)cc1. The van der Waals surface area contributed by atoms with E-state index in [4.69, 9.17) is 9.47 Å². The Labute approximate surface area is 176 Å². The van der Waals surface area contributed by atoms with E-state index >= 15 is 0 Å². The van der Waals surface area contributed by atoms with Gasteiger partial charge in [0.1, 0.15) is 11.5 Å². The lowest BCUT2D eigenvalue weighted by Crippen LogP contribution is -2.19. The number of carbonyl (C=O) groups is 2. The summed E-state index contributed by atoms with van der Waals surface area (Å²) in [4.78, 5) is 22.7. The predicted octanol–water partition coefficient (Wildman–Crippen LogP) is 2.86. The first kappa shape index (κ1) is 22.6. The number of benzene rings is 2. The van der Waals surface area contributed by atoms with Crippen molar-refractivity contribution in [2.75, 3.05) is 14.2 Å². The van der Waals surface area contributed by atoms with Gasteiger partial charge in [-0.1, -0.05) is 0 Å². The van der Waals surface area contributed by atoms with Crippen LogP contribution in [0.15, 0.2) is 58.7 Å². The lowest BCUT2D eigenvalue weighted by Gasteiger charge is -2.11. The van der Waals surface area contributed by atoms with Crippen LogP contribution in [0.3, 0.4) is 0 Å². The normalized spacial score (nSPS) is 11.6. The molecular weight excluding hydrogens is 384 g/mol. The second-order valence-corrected chi connectivity index (χ2v) is 6.41. The highest BCUT2D eigenvalue weighted by atomic mass is 16.5. The number of hydrazone groups is 2. The van der Waals surface area contributed by atoms with E-state index in [9.17, 15) is 9.59 Å². The van der Waals surface area contributed by atoms with Crippen molar-refractivity contribution in [3.63, 3.8) is 0 Å². The fourth-order valence-electron chi connectivity index (χ4n) is 2.63. The van der Waals surface area contributed by atoms with Crippen LogP contribution in [-0.4, -0.2) is 37.5 Å². The van der Waals surface area contributed by atoms with Crippen molar-refractivity contribution >= 4 is 23.2 Å². The van der Waals surface area contributed by atoms with E-state index in [0.29, 0.717) is 24.3 Å². The van der Waals surface area contributed by atoms with E-state index in [0.717, 1.165) is 22.6 Å². The van der Waals surface area contributed by atoms with E-state index in [1.165, 1.54) is 13.8 Å². The van der Waals surface area contributed by atoms with Crippen LogP contribution in [0.2, 0.25) is 0 Å². The molecule has 2 aromatic rings. The second-order valence-electron chi connectivity index (χ2n) is 6.41. The first-order valence-electron chi connectivity index (χ1n) is 9.38. The number of methoxy groups -OCH3 is 2. The summed E-state index contributed by atoms with van der Waals surface area (Å²) < 4.78 is 10.4. The highest BCUT2D eigenvalue weighted by Gasteiger charge is 2.11. The van der Waals surface area contributed by atoms with Gasteiger partial charge < -0.3 is 9.47 Å². The zero-order chi connectivity index (χ0) is 21.9. The highest BCUT2D eigenvalue weighted by molar-refractivity contribution is 6.07. The Balaban J connectivity index is 2.27. The number of ether oxygens (including phenoxy) is 2. The molecule has 0 saturated heterocycles. The first-order valence-corrected chi connectivity index (χ1v) is 9.38. The summed E-state index contributed by atoms with van der Waals surface area (Å²) in [5.74, 6) is 0.930. The van der Waals surface area contributed by atoms with Crippen molar-refractivity contribution < 1.29 is 19.1 Å². The number of amides is 2. The lowest BCUT2D eigenvalue weighted by atomic mass is 10.00. The summed E-state index contributed by atoms with van der Waals surface area (Å²) in [7, 11) is 3.20. The van der Waals surface area contributed by atoms with Crippen molar-refractivity contribution in [2.24, 2.45) is 10.2 Å². The Morgan fingerprint density at radius 2 is 1.03 bits per heavy atom. The van der Waals surface area contributed by atoms with Crippen molar-refractivity contribution in [1.29, 1.82) is 0 Å². The number of nitrogens with one attached hydrogen (secondary N) is 2.